The summed E-state index contributed by atoms with van der Waals surface area (Å²) in [5, 5.41) is 9.28. The molecule has 0 bridgehead atoms. The van der Waals surface area contributed by atoms with Crippen molar-refractivity contribution < 1.29 is 9.84 Å². The van der Waals surface area contributed by atoms with Gasteiger partial charge in [-0.2, -0.15) is 0 Å². The van der Waals surface area contributed by atoms with Crippen LogP contribution in [0.2, 0.25) is 0 Å². The van der Waals surface area contributed by atoms with Gasteiger partial charge in [0, 0.05) is 17.6 Å². The van der Waals surface area contributed by atoms with Crippen LogP contribution in [0.15, 0.2) is 24.3 Å². The first-order valence-electron chi connectivity index (χ1n) is 6.71. The van der Waals surface area contributed by atoms with Gasteiger partial charge >= 0.3 is 0 Å². The molecule has 0 saturated heterocycles. The summed E-state index contributed by atoms with van der Waals surface area (Å²) in [6, 6.07) is 7.46. The number of ether oxygens (including phenoxy) is 1. The molecule has 0 spiro atoms. The number of likely N-dealkylation sites (N-methyl/N-ethyl adjacent to an activating group) is 1. The molecule has 0 saturated carbocycles. The molecule has 0 heterocycles. The fourth-order valence-corrected chi connectivity index (χ4v) is 1.77. The Balaban J connectivity index is 2.33. The Kier molecular flexibility index (Phi) is 6.39. The molecule has 0 aliphatic carbocycles. The monoisotopic (exact) mass is 296 g/mol. The summed E-state index contributed by atoms with van der Waals surface area (Å²) in [7, 11) is 2.01. The van der Waals surface area contributed by atoms with Crippen LogP contribution < -0.4 is 10.5 Å². The number of benzene rings is 1. The van der Waals surface area contributed by atoms with Crippen LogP contribution in [0.4, 0.5) is 0 Å². The van der Waals surface area contributed by atoms with Crippen molar-refractivity contribution in [3.8, 4) is 5.75 Å². The van der Waals surface area contributed by atoms with Crippen LogP contribution >= 0.6 is 12.2 Å². The zero-order valence-corrected chi connectivity index (χ0v) is 13.2. The van der Waals surface area contributed by atoms with Crippen molar-refractivity contribution in [3.63, 3.8) is 0 Å². The van der Waals surface area contributed by atoms with E-state index in [4.69, 9.17) is 22.7 Å². The standard InChI is InChI=1S/C15H24N2O2S/c1-15(2,11-18)17(3)9-4-10-19-13-7-5-12(6-8-13)14(16)20/h5-8,18H,4,9-11H2,1-3H3,(H2,16,20). The van der Waals surface area contributed by atoms with Crippen LogP contribution in [0, 0.1) is 0 Å². The molecular weight excluding hydrogens is 272 g/mol. The molecule has 0 unspecified atom stereocenters. The van der Waals surface area contributed by atoms with E-state index in [1.165, 1.54) is 0 Å². The summed E-state index contributed by atoms with van der Waals surface area (Å²) in [5.41, 5.74) is 6.19. The van der Waals surface area contributed by atoms with Gasteiger partial charge in [-0.05, 0) is 51.6 Å². The zero-order valence-electron chi connectivity index (χ0n) is 12.4. The molecule has 3 N–H and O–H groups in total. The number of nitrogens with two attached hydrogens (primary N) is 1. The molecule has 20 heavy (non-hydrogen) atoms. The number of nitrogens with zero attached hydrogens (tertiary/aromatic N) is 1. The van der Waals surface area contributed by atoms with E-state index in [9.17, 15) is 5.11 Å². The van der Waals surface area contributed by atoms with Gasteiger partial charge in [0.2, 0.25) is 0 Å². The minimum atomic E-state index is -0.196. The van der Waals surface area contributed by atoms with Crippen LogP contribution in [0.5, 0.6) is 5.75 Å². The Bertz CT molecular complexity index is 432. The fourth-order valence-electron chi connectivity index (χ4n) is 1.63. The number of hydrogen-bond donors (Lipinski definition) is 2. The van der Waals surface area contributed by atoms with Gasteiger partial charge in [0.1, 0.15) is 10.7 Å². The average molecular weight is 296 g/mol. The van der Waals surface area contributed by atoms with E-state index < -0.39 is 0 Å². The molecule has 0 atom stereocenters. The third kappa shape index (κ3) is 5.07. The minimum absolute atomic E-state index is 0.144. The minimum Gasteiger partial charge on any atom is -0.494 e. The fraction of sp³-hybridized carbons (Fsp3) is 0.533. The Hall–Kier alpha value is -1.17. The highest BCUT2D eigenvalue weighted by atomic mass is 32.1. The van der Waals surface area contributed by atoms with E-state index in [0.29, 0.717) is 11.6 Å². The molecule has 1 aromatic rings. The van der Waals surface area contributed by atoms with Crippen molar-refractivity contribution in [3.05, 3.63) is 29.8 Å². The van der Waals surface area contributed by atoms with Gasteiger partial charge in [0.05, 0.1) is 13.2 Å². The molecule has 0 aromatic heterocycles. The Labute approximate surface area is 126 Å². The summed E-state index contributed by atoms with van der Waals surface area (Å²) in [6.45, 7) is 5.69. The molecule has 0 aliphatic heterocycles. The van der Waals surface area contributed by atoms with E-state index in [2.05, 4.69) is 4.90 Å². The lowest BCUT2D eigenvalue weighted by Crippen LogP contribution is -2.44. The summed E-state index contributed by atoms with van der Waals surface area (Å²) in [4.78, 5) is 2.52. The molecular formula is C15H24N2O2S. The van der Waals surface area contributed by atoms with Gasteiger partial charge in [0.15, 0.2) is 0 Å². The number of hydrogen-bond acceptors (Lipinski definition) is 4. The summed E-state index contributed by atoms with van der Waals surface area (Å²) < 4.78 is 5.66. The molecule has 1 aromatic carbocycles. The van der Waals surface area contributed by atoms with Gasteiger partial charge in [-0.15, -0.1) is 0 Å². The third-order valence-electron chi connectivity index (χ3n) is 3.47. The SMILES string of the molecule is CN(CCCOc1ccc(C(N)=S)cc1)C(C)(C)CO. The molecule has 4 nitrogen and oxygen atoms in total. The summed E-state index contributed by atoms with van der Waals surface area (Å²) in [5.74, 6) is 0.814. The maximum atomic E-state index is 9.28. The second-order valence-electron chi connectivity index (χ2n) is 5.48. The summed E-state index contributed by atoms with van der Waals surface area (Å²) >= 11 is 4.90. The number of rotatable bonds is 8. The van der Waals surface area contributed by atoms with Crippen LogP contribution in [-0.2, 0) is 0 Å². The maximum Gasteiger partial charge on any atom is 0.119 e. The molecule has 0 amide bonds. The van der Waals surface area contributed by atoms with Crippen LogP contribution in [0.25, 0.3) is 0 Å². The third-order valence-corrected chi connectivity index (χ3v) is 3.70. The first kappa shape index (κ1) is 16.9. The first-order chi connectivity index (χ1) is 9.36. The van der Waals surface area contributed by atoms with E-state index in [-0.39, 0.29) is 12.1 Å². The first-order valence-corrected chi connectivity index (χ1v) is 7.12. The van der Waals surface area contributed by atoms with Crippen LogP contribution in [-0.4, -0.2) is 47.3 Å². The lowest BCUT2D eigenvalue weighted by Gasteiger charge is -2.33. The summed E-state index contributed by atoms with van der Waals surface area (Å²) in [6.07, 6.45) is 0.900. The van der Waals surface area contributed by atoms with Gasteiger partial charge in [-0.3, -0.25) is 4.90 Å². The molecule has 1 rings (SSSR count). The predicted molar refractivity (Wildman–Crippen MR) is 86.2 cm³/mol. The van der Waals surface area contributed by atoms with Gasteiger partial charge in [-0.1, -0.05) is 12.2 Å². The van der Waals surface area contributed by atoms with Gasteiger partial charge < -0.3 is 15.6 Å². The van der Waals surface area contributed by atoms with Crippen LogP contribution in [0.3, 0.4) is 0 Å². The van der Waals surface area contributed by atoms with Gasteiger partial charge in [0.25, 0.3) is 0 Å². The number of aliphatic hydroxyl groups excluding tert-OH is 1. The number of thiocarbonyl (C=S) groups is 1. The lowest BCUT2D eigenvalue weighted by molar-refractivity contribution is 0.0747. The molecule has 0 aliphatic rings. The van der Waals surface area contributed by atoms with Gasteiger partial charge in [-0.25, -0.2) is 0 Å². The Morgan fingerprint density at radius 2 is 1.95 bits per heavy atom. The molecule has 0 radical (unpaired) electrons. The second kappa shape index (κ2) is 7.57. The topological polar surface area (TPSA) is 58.7 Å². The quantitative estimate of drug-likeness (QED) is 0.566. The highest BCUT2D eigenvalue weighted by molar-refractivity contribution is 7.80. The highest BCUT2D eigenvalue weighted by Crippen LogP contribution is 2.14. The highest BCUT2D eigenvalue weighted by Gasteiger charge is 2.21. The van der Waals surface area contributed by atoms with Crippen molar-refractivity contribution >= 4 is 17.2 Å². The predicted octanol–water partition coefficient (Wildman–Crippen LogP) is 1.79. The van der Waals surface area contributed by atoms with Crippen LogP contribution in [0.1, 0.15) is 25.8 Å². The zero-order chi connectivity index (χ0) is 15.2. The normalized spacial score (nSPS) is 11.7. The van der Waals surface area contributed by atoms with E-state index in [1.807, 2.05) is 45.2 Å². The number of aliphatic hydroxyl groups is 1. The van der Waals surface area contributed by atoms with E-state index in [0.717, 1.165) is 24.3 Å². The van der Waals surface area contributed by atoms with Crippen molar-refractivity contribution in [1.82, 2.24) is 4.90 Å². The Morgan fingerprint density at radius 1 is 1.35 bits per heavy atom. The molecule has 112 valence electrons. The van der Waals surface area contributed by atoms with E-state index in [1.54, 1.807) is 0 Å². The molecule has 5 heteroatoms. The van der Waals surface area contributed by atoms with Crippen molar-refractivity contribution in [2.24, 2.45) is 5.73 Å². The van der Waals surface area contributed by atoms with Crippen molar-refractivity contribution in [1.29, 1.82) is 0 Å². The second-order valence-corrected chi connectivity index (χ2v) is 5.92. The smallest absolute Gasteiger partial charge is 0.119 e. The Morgan fingerprint density at radius 3 is 2.45 bits per heavy atom. The van der Waals surface area contributed by atoms with E-state index >= 15 is 0 Å². The average Bonchev–Trinajstić information content (AvgIpc) is 2.43. The lowest BCUT2D eigenvalue weighted by atomic mass is 10.1. The molecule has 0 fully saturated rings. The maximum absolute atomic E-state index is 9.28. The largest absolute Gasteiger partial charge is 0.494 e. The van der Waals surface area contributed by atoms with Crippen molar-refractivity contribution in [2.75, 3.05) is 26.8 Å². The van der Waals surface area contributed by atoms with Crippen molar-refractivity contribution in [2.45, 2.75) is 25.8 Å².